The van der Waals surface area contributed by atoms with E-state index in [4.69, 9.17) is 4.74 Å². The zero-order chi connectivity index (χ0) is 18.0. The third kappa shape index (κ3) is 3.53. The van der Waals surface area contributed by atoms with Gasteiger partial charge in [0.15, 0.2) is 0 Å². The average molecular weight is 356 g/mol. The normalized spacial score (nSPS) is 10.6. The molecule has 0 bridgehead atoms. The zero-order valence-electron chi connectivity index (χ0n) is 14.1. The second kappa shape index (κ2) is 7.03. The fourth-order valence-electron chi connectivity index (χ4n) is 2.45. The summed E-state index contributed by atoms with van der Waals surface area (Å²) in [4.78, 5) is 20.0. The Morgan fingerprint density at radius 1 is 1.20 bits per heavy atom. The molecule has 0 aliphatic heterocycles. The van der Waals surface area contributed by atoms with Gasteiger partial charge in [-0.25, -0.2) is 9.37 Å². The number of carbonyl (C=O) groups is 1. The van der Waals surface area contributed by atoms with Gasteiger partial charge in [-0.3, -0.25) is 4.79 Å². The van der Waals surface area contributed by atoms with Crippen molar-refractivity contribution in [1.29, 1.82) is 0 Å². The predicted molar refractivity (Wildman–Crippen MR) is 98.0 cm³/mol. The van der Waals surface area contributed by atoms with E-state index in [1.54, 1.807) is 49.5 Å². The first-order valence-electron chi connectivity index (χ1n) is 7.64. The molecule has 0 saturated carbocycles. The molecule has 0 spiro atoms. The van der Waals surface area contributed by atoms with Crippen molar-refractivity contribution in [2.45, 2.75) is 6.92 Å². The van der Waals surface area contributed by atoms with Crippen molar-refractivity contribution in [3.63, 3.8) is 0 Å². The Bertz CT molecular complexity index is 889. The van der Waals surface area contributed by atoms with Gasteiger partial charge in [-0.15, -0.1) is 11.3 Å². The number of nitrogens with zero attached hydrogens (tertiary/aromatic N) is 2. The van der Waals surface area contributed by atoms with Crippen molar-refractivity contribution in [2.75, 3.05) is 19.1 Å². The molecule has 4 nitrogen and oxygen atoms in total. The largest absolute Gasteiger partial charge is 0.481 e. The Kier molecular flexibility index (Phi) is 4.81. The van der Waals surface area contributed by atoms with Gasteiger partial charge >= 0.3 is 0 Å². The van der Waals surface area contributed by atoms with Crippen LogP contribution in [0.4, 0.5) is 10.1 Å². The highest BCUT2D eigenvalue weighted by atomic mass is 32.1. The number of amides is 1. The van der Waals surface area contributed by atoms with Crippen molar-refractivity contribution in [1.82, 2.24) is 4.98 Å². The molecule has 2 aromatic heterocycles. The fourth-order valence-corrected chi connectivity index (χ4v) is 3.60. The predicted octanol–water partition coefficient (Wildman–Crippen LogP) is 4.54. The number of pyridine rings is 1. The number of rotatable bonds is 4. The number of halogens is 1. The molecule has 25 heavy (non-hydrogen) atoms. The van der Waals surface area contributed by atoms with Gasteiger partial charge in [0.1, 0.15) is 5.82 Å². The topological polar surface area (TPSA) is 42.4 Å². The molecule has 3 rings (SSSR count). The fraction of sp³-hybridized carbons (Fsp3) is 0.158. The number of ether oxygens (including phenoxy) is 1. The third-order valence-corrected chi connectivity index (χ3v) is 5.13. The maximum Gasteiger partial charge on any atom is 0.268 e. The van der Waals surface area contributed by atoms with E-state index in [1.807, 2.05) is 13.0 Å². The van der Waals surface area contributed by atoms with E-state index < -0.39 is 0 Å². The van der Waals surface area contributed by atoms with Gasteiger partial charge in [-0.05, 0) is 42.3 Å². The average Bonchev–Trinajstić information content (AvgIpc) is 3.03. The number of carbonyl (C=O) groups excluding carboxylic acids is 1. The lowest BCUT2D eigenvalue weighted by Crippen LogP contribution is -2.25. The van der Waals surface area contributed by atoms with Crippen LogP contribution >= 0.6 is 11.3 Å². The van der Waals surface area contributed by atoms with E-state index >= 15 is 0 Å². The summed E-state index contributed by atoms with van der Waals surface area (Å²) in [5, 5.41) is 0. The summed E-state index contributed by atoms with van der Waals surface area (Å²) in [5.74, 6) is 0.101. The van der Waals surface area contributed by atoms with Crippen LogP contribution in [0.5, 0.6) is 5.88 Å². The van der Waals surface area contributed by atoms with Crippen molar-refractivity contribution < 1.29 is 13.9 Å². The molecular weight excluding hydrogens is 339 g/mol. The second-order valence-corrected chi connectivity index (χ2v) is 6.60. The highest BCUT2D eigenvalue weighted by Crippen LogP contribution is 2.33. The summed E-state index contributed by atoms with van der Waals surface area (Å²) in [6, 6.07) is 11.6. The van der Waals surface area contributed by atoms with Crippen molar-refractivity contribution in [3.8, 4) is 16.3 Å². The summed E-state index contributed by atoms with van der Waals surface area (Å²) < 4.78 is 18.1. The maximum absolute atomic E-state index is 13.1. The number of hydrogen-bond acceptors (Lipinski definition) is 4. The number of aromatic nitrogens is 1. The lowest BCUT2D eigenvalue weighted by atomic mass is 10.1. The molecule has 0 aliphatic rings. The first kappa shape index (κ1) is 17.1. The summed E-state index contributed by atoms with van der Waals surface area (Å²) in [6.45, 7) is 1.95. The van der Waals surface area contributed by atoms with Crippen LogP contribution in [0.1, 0.15) is 15.2 Å². The Morgan fingerprint density at radius 3 is 2.52 bits per heavy atom. The molecule has 3 aromatic rings. The van der Waals surface area contributed by atoms with E-state index in [2.05, 4.69) is 4.98 Å². The van der Waals surface area contributed by atoms with Crippen molar-refractivity contribution in [3.05, 3.63) is 64.9 Å². The molecule has 2 heterocycles. The Balaban J connectivity index is 1.87. The Morgan fingerprint density at radius 2 is 1.92 bits per heavy atom. The molecule has 0 aliphatic carbocycles. The van der Waals surface area contributed by atoms with Crippen LogP contribution in [0, 0.1) is 12.7 Å². The summed E-state index contributed by atoms with van der Waals surface area (Å²) in [7, 11) is 3.25. The highest BCUT2D eigenvalue weighted by molar-refractivity contribution is 7.17. The third-order valence-electron chi connectivity index (χ3n) is 3.86. The van der Waals surface area contributed by atoms with Crippen LogP contribution in [0.15, 0.2) is 48.7 Å². The van der Waals surface area contributed by atoms with Gasteiger partial charge in [-0.2, -0.15) is 0 Å². The minimum absolute atomic E-state index is 0.117. The van der Waals surface area contributed by atoms with Gasteiger partial charge in [0.25, 0.3) is 5.91 Å². The van der Waals surface area contributed by atoms with Crippen LogP contribution in [-0.4, -0.2) is 25.0 Å². The van der Waals surface area contributed by atoms with Crippen LogP contribution < -0.4 is 9.64 Å². The minimum Gasteiger partial charge on any atom is -0.481 e. The number of hydrogen-bond donors (Lipinski definition) is 0. The van der Waals surface area contributed by atoms with Crippen LogP contribution in [0.2, 0.25) is 0 Å². The van der Waals surface area contributed by atoms with Gasteiger partial charge in [-0.1, -0.05) is 12.1 Å². The van der Waals surface area contributed by atoms with Crippen LogP contribution in [0.25, 0.3) is 10.4 Å². The maximum atomic E-state index is 13.1. The summed E-state index contributed by atoms with van der Waals surface area (Å²) in [5.41, 5.74) is 2.57. The SMILES string of the molecule is COc1ccc(N(C)C(=O)c2cc(C)c(-c3ccc(F)cc3)s2)cn1. The molecule has 1 aromatic carbocycles. The minimum atomic E-state index is -0.277. The first-order valence-corrected chi connectivity index (χ1v) is 8.45. The number of thiophene rings is 1. The second-order valence-electron chi connectivity index (χ2n) is 5.55. The number of benzene rings is 1. The molecule has 0 saturated heterocycles. The van der Waals surface area contributed by atoms with E-state index in [0.717, 1.165) is 16.0 Å². The lowest BCUT2D eigenvalue weighted by molar-refractivity contribution is 0.0996. The Hall–Kier alpha value is -2.73. The molecule has 0 unspecified atom stereocenters. The van der Waals surface area contributed by atoms with E-state index in [1.165, 1.54) is 23.5 Å². The molecular formula is C19H17FN2O2S. The van der Waals surface area contributed by atoms with E-state index in [-0.39, 0.29) is 11.7 Å². The molecule has 0 radical (unpaired) electrons. The van der Waals surface area contributed by atoms with Gasteiger partial charge in [0.2, 0.25) is 5.88 Å². The van der Waals surface area contributed by atoms with Crippen LogP contribution in [0.3, 0.4) is 0 Å². The van der Waals surface area contributed by atoms with Crippen LogP contribution in [-0.2, 0) is 0 Å². The molecule has 0 N–H and O–H groups in total. The first-order chi connectivity index (χ1) is 12.0. The Labute approximate surface area is 149 Å². The molecule has 6 heteroatoms. The van der Waals surface area contributed by atoms with Crippen molar-refractivity contribution in [2.24, 2.45) is 0 Å². The zero-order valence-corrected chi connectivity index (χ0v) is 14.9. The van der Waals surface area contributed by atoms with Crippen molar-refractivity contribution >= 4 is 22.9 Å². The highest BCUT2D eigenvalue weighted by Gasteiger charge is 2.18. The molecule has 0 atom stereocenters. The standard InChI is InChI=1S/C19H17FN2O2S/c1-12-10-16(25-18(12)13-4-6-14(20)7-5-13)19(23)22(2)15-8-9-17(24-3)21-11-15/h4-11H,1-3H3. The number of aryl methyl sites for hydroxylation is 1. The summed E-state index contributed by atoms with van der Waals surface area (Å²) >= 11 is 1.40. The van der Waals surface area contributed by atoms with Gasteiger partial charge in [0, 0.05) is 18.0 Å². The lowest BCUT2D eigenvalue weighted by Gasteiger charge is -2.16. The molecule has 128 valence electrons. The van der Waals surface area contributed by atoms with E-state index in [0.29, 0.717) is 16.4 Å². The van der Waals surface area contributed by atoms with Gasteiger partial charge < -0.3 is 9.64 Å². The smallest absolute Gasteiger partial charge is 0.268 e. The molecule has 0 fully saturated rings. The van der Waals surface area contributed by atoms with E-state index in [9.17, 15) is 9.18 Å². The number of methoxy groups -OCH3 is 1. The van der Waals surface area contributed by atoms with Gasteiger partial charge in [0.05, 0.1) is 23.9 Å². The number of anilines is 1. The summed E-state index contributed by atoms with van der Waals surface area (Å²) in [6.07, 6.45) is 1.60. The molecule has 1 amide bonds. The quantitative estimate of drug-likeness (QED) is 0.689. The monoisotopic (exact) mass is 356 g/mol.